The van der Waals surface area contributed by atoms with Crippen molar-refractivity contribution in [2.24, 2.45) is 0 Å². The molecule has 3 rings (SSSR count). The Morgan fingerprint density at radius 1 is 1.15 bits per heavy atom. The van der Waals surface area contributed by atoms with Gasteiger partial charge in [0, 0.05) is 18.2 Å². The number of carbonyl (C=O) groups excluding carboxylic acids is 1. The molecule has 4 heteroatoms. The van der Waals surface area contributed by atoms with Gasteiger partial charge in [-0.3, -0.25) is 4.79 Å². The molecule has 20 heavy (non-hydrogen) atoms. The first-order chi connectivity index (χ1) is 9.34. The lowest BCUT2D eigenvalue weighted by Crippen LogP contribution is -2.45. The fourth-order valence-corrected chi connectivity index (χ4v) is 2.66. The van der Waals surface area contributed by atoms with Gasteiger partial charge < -0.3 is 10.6 Å². The average molecular weight is 291 g/mol. The molecule has 0 spiro atoms. The van der Waals surface area contributed by atoms with Crippen LogP contribution in [0.1, 0.15) is 23.2 Å². The van der Waals surface area contributed by atoms with Crippen LogP contribution in [0, 0.1) is 0 Å². The van der Waals surface area contributed by atoms with E-state index in [-0.39, 0.29) is 24.4 Å². The monoisotopic (exact) mass is 290 g/mol. The Balaban J connectivity index is 0.00000147. The Bertz CT molecular complexity index is 589. The van der Waals surface area contributed by atoms with Gasteiger partial charge in [0.1, 0.15) is 0 Å². The minimum Gasteiger partial charge on any atom is -0.348 e. The fraction of sp³-hybridized carbons (Fsp3) is 0.312. The number of carbonyl (C=O) groups is 1. The highest BCUT2D eigenvalue weighted by Crippen LogP contribution is 2.18. The second-order valence-electron chi connectivity index (χ2n) is 5.04. The molecule has 0 aliphatic carbocycles. The van der Waals surface area contributed by atoms with Crippen molar-refractivity contribution in [1.82, 2.24) is 10.6 Å². The number of hydrogen-bond acceptors (Lipinski definition) is 2. The number of nitrogens with one attached hydrogen (secondary N) is 2. The second kappa shape index (κ2) is 6.73. The molecule has 1 aliphatic rings. The van der Waals surface area contributed by atoms with Crippen LogP contribution in [0.3, 0.4) is 0 Å². The standard InChI is InChI=1S/C16H18N2O.ClH/c19-16(18-13-7-4-10-17-11-13)15-9-3-6-12-5-1-2-8-14(12)15;/h1-3,5-6,8-9,13,17H,4,7,10-11H2,(H,18,19);1H/t13-;/m0./s1. The number of benzene rings is 2. The average Bonchev–Trinajstić information content (AvgIpc) is 2.47. The van der Waals surface area contributed by atoms with Gasteiger partial charge in [-0.25, -0.2) is 0 Å². The summed E-state index contributed by atoms with van der Waals surface area (Å²) >= 11 is 0. The smallest absolute Gasteiger partial charge is 0.252 e. The van der Waals surface area contributed by atoms with Crippen LogP contribution in [0.2, 0.25) is 0 Å². The quantitative estimate of drug-likeness (QED) is 0.893. The normalized spacial score (nSPS) is 18.3. The molecule has 2 N–H and O–H groups in total. The van der Waals surface area contributed by atoms with Crippen LogP contribution in [0.25, 0.3) is 10.8 Å². The third-order valence-corrected chi connectivity index (χ3v) is 3.67. The molecule has 0 radical (unpaired) electrons. The van der Waals surface area contributed by atoms with Gasteiger partial charge in [-0.05, 0) is 36.2 Å². The number of fused-ring (bicyclic) bond motifs is 1. The molecular formula is C16H19ClN2O. The topological polar surface area (TPSA) is 41.1 Å². The van der Waals surface area contributed by atoms with E-state index in [0.717, 1.165) is 42.3 Å². The van der Waals surface area contributed by atoms with Gasteiger partial charge in [0.05, 0.1) is 0 Å². The third kappa shape index (κ3) is 3.11. The van der Waals surface area contributed by atoms with Crippen molar-refractivity contribution < 1.29 is 4.79 Å². The van der Waals surface area contributed by atoms with Crippen molar-refractivity contribution in [3.63, 3.8) is 0 Å². The van der Waals surface area contributed by atoms with Gasteiger partial charge >= 0.3 is 0 Å². The van der Waals surface area contributed by atoms with E-state index < -0.39 is 0 Å². The number of amides is 1. The zero-order chi connectivity index (χ0) is 13.1. The van der Waals surface area contributed by atoms with E-state index in [1.165, 1.54) is 0 Å². The molecule has 0 bridgehead atoms. The summed E-state index contributed by atoms with van der Waals surface area (Å²) in [5.74, 6) is 0.0329. The maximum atomic E-state index is 12.4. The molecule has 3 nitrogen and oxygen atoms in total. The molecular weight excluding hydrogens is 272 g/mol. The van der Waals surface area contributed by atoms with Crippen LogP contribution in [-0.2, 0) is 0 Å². The largest absolute Gasteiger partial charge is 0.348 e. The number of piperidine rings is 1. The second-order valence-corrected chi connectivity index (χ2v) is 5.04. The van der Waals surface area contributed by atoms with E-state index in [0.29, 0.717) is 0 Å². The molecule has 2 aromatic rings. The highest BCUT2D eigenvalue weighted by atomic mass is 35.5. The van der Waals surface area contributed by atoms with Gasteiger partial charge in [-0.2, -0.15) is 0 Å². The van der Waals surface area contributed by atoms with E-state index in [9.17, 15) is 4.79 Å². The predicted molar refractivity (Wildman–Crippen MR) is 84.6 cm³/mol. The Kier molecular flexibility index (Phi) is 4.99. The highest BCUT2D eigenvalue weighted by molar-refractivity contribution is 6.07. The Labute approximate surface area is 125 Å². The number of halogens is 1. The molecule has 2 aromatic carbocycles. The fourth-order valence-electron chi connectivity index (χ4n) is 2.66. The molecule has 1 atom stereocenters. The maximum absolute atomic E-state index is 12.4. The molecule has 1 aliphatic heterocycles. The lowest BCUT2D eigenvalue weighted by Gasteiger charge is -2.24. The predicted octanol–water partition coefficient (Wildman–Crippen LogP) is 2.74. The summed E-state index contributed by atoms with van der Waals surface area (Å²) in [5, 5.41) is 8.57. The molecule has 1 fully saturated rings. The van der Waals surface area contributed by atoms with Gasteiger partial charge in [0.25, 0.3) is 5.91 Å². The van der Waals surface area contributed by atoms with E-state index in [1.807, 2.05) is 42.5 Å². The van der Waals surface area contributed by atoms with Crippen LogP contribution in [0.4, 0.5) is 0 Å². The van der Waals surface area contributed by atoms with Gasteiger partial charge in [0.2, 0.25) is 0 Å². The summed E-state index contributed by atoms with van der Waals surface area (Å²) in [6, 6.07) is 14.1. The molecule has 1 saturated heterocycles. The van der Waals surface area contributed by atoms with Crippen LogP contribution in [-0.4, -0.2) is 25.0 Å². The number of hydrogen-bond donors (Lipinski definition) is 2. The van der Waals surface area contributed by atoms with E-state index >= 15 is 0 Å². The molecule has 106 valence electrons. The zero-order valence-electron chi connectivity index (χ0n) is 11.3. The van der Waals surface area contributed by atoms with Crippen LogP contribution < -0.4 is 10.6 Å². The van der Waals surface area contributed by atoms with E-state index in [2.05, 4.69) is 10.6 Å². The molecule has 0 saturated carbocycles. The zero-order valence-corrected chi connectivity index (χ0v) is 12.1. The number of rotatable bonds is 2. The minimum absolute atomic E-state index is 0. The lowest BCUT2D eigenvalue weighted by atomic mass is 10.0. The Morgan fingerprint density at radius 3 is 2.75 bits per heavy atom. The summed E-state index contributed by atoms with van der Waals surface area (Å²) in [4.78, 5) is 12.4. The van der Waals surface area contributed by atoms with Crippen molar-refractivity contribution in [3.05, 3.63) is 48.0 Å². The van der Waals surface area contributed by atoms with Crippen molar-refractivity contribution in [1.29, 1.82) is 0 Å². The SMILES string of the molecule is Cl.O=C(N[C@H]1CCCNC1)c1cccc2ccccc12. The first-order valence-electron chi connectivity index (χ1n) is 6.84. The first kappa shape index (κ1) is 14.8. The van der Waals surface area contributed by atoms with Crippen molar-refractivity contribution in [2.75, 3.05) is 13.1 Å². The summed E-state index contributed by atoms with van der Waals surface area (Å²) in [7, 11) is 0. The Morgan fingerprint density at radius 2 is 1.95 bits per heavy atom. The van der Waals surface area contributed by atoms with E-state index in [1.54, 1.807) is 0 Å². The third-order valence-electron chi connectivity index (χ3n) is 3.67. The summed E-state index contributed by atoms with van der Waals surface area (Å²) < 4.78 is 0. The molecule has 1 heterocycles. The van der Waals surface area contributed by atoms with Gasteiger partial charge in [0.15, 0.2) is 0 Å². The van der Waals surface area contributed by atoms with Crippen LogP contribution in [0.15, 0.2) is 42.5 Å². The summed E-state index contributed by atoms with van der Waals surface area (Å²) in [6.07, 6.45) is 2.18. The molecule has 1 amide bonds. The van der Waals surface area contributed by atoms with E-state index in [4.69, 9.17) is 0 Å². The minimum atomic E-state index is 0. The first-order valence-corrected chi connectivity index (χ1v) is 6.84. The Hall–Kier alpha value is -1.58. The van der Waals surface area contributed by atoms with Gasteiger partial charge in [-0.1, -0.05) is 36.4 Å². The van der Waals surface area contributed by atoms with Crippen LogP contribution in [0.5, 0.6) is 0 Å². The highest BCUT2D eigenvalue weighted by Gasteiger charge is 2.17. The summed E-state index contributed by atoms with van der Waals surface area (Å²) in [6.45, 7) is 1.93. The van der Waals surface area contributed by atoms with Gasteiger partial charge in [-0.15, -0.1) is 12.4 Å². The molecule has 0 unspecified atom stereocenters. The molecule has 0 aromatic heterocycles. The van der Waals surface area contributed by atoms with Crippen molar-refractivity contribution in [3.8, 4) is 0 Å². The maximum Gasteiger partial charge on any atom is 0.252 e. The lowest BCUT2D eigenvalue weighted by molar-refractivity contribution is 0.0932. The van der Waals surface area contributed by atoms with Crippen molar-refractivity contribution >= 4 is 29.1 Å². The van der Waals surface area contributed by atoms with Crippen molar-refractivity contribution in [2.45, 2.75) is 18.9 Å². The summed E-state index contributed by atoms with van der Waals surface area (Å²) in [5.41, 5.74) is 0.767. The van der Waals surface area contributed by atoms with Crippen LogP contribution >= 0.6 is 12.4 Å².